The van der Waals surface area contributed by atoms with E-state index in [4.69, 9.17) is 4.74 Å². The summed E-state index contributed by atoms with van der Waals surface area (Å²) in [7, 11) is 1.71. The molecule has 1 fully saturated rings. The van der Waals surface area contributed by atoms with Crippen LogP contribution in [-0.4, -0.2) is 13.7 Å². The van der Waals surface area contributed by atoms with Crippen LogP contribution in [0.3, 0.4) is 0 Å². The standard InChI is InChI=1S/C16H25NO/c1-3-16(17-12-11-13-5-4-6-13)14-7-9-15(18-2)10-8-14/h7-10,13,16-17H,3-6,11-12H2,1-2H3. The lowest BCUT2D eigenvalue weighted by molar-refractivity contribution is 0.287. The van der Waals surface area contributed by atoms with Gasteiger partial charge in [-0.1, -0.05) is 38.3 Å². The summed E-state index contributed by atoms with van der Waals surface area (Å²) in [5, 5.41) is 3.68. The van der Waals surface area contributed by atoms with Crippen LogP contribution in [0.1, 0.15) is 50.6 Å². The SMILES string of the molecule is CCC(NCCC1CCC1)c1ccc(OC)cc1. The number of rotatable bonds is 7. The Morgan fingerprint density at radius 3 is 2.50 bits per heavy atom. The maximum Gasteiger partial charge on any atom is 0.118 e. The number of methoxy groups -OCH3 is 1. The van der Waals surface area contributed by atoms with Crippen molar-refractivity contribution in [3.8, 4) is 5.75 Å². The summed E-state index contributed by atoms with van der Waals surface area (Å²) in [6.07, 6.45) is 6.81. The van der Waals surface area contributed by atoms with Gasteiger partial charge in [0, 0.05) is 6.04 Å². The molecular weight excluding hydrogens is 222 g/mol. The van der Waals surface area contributed by atoms with Gasteiger partial charge in [-0.15, -0.1) is 0 Å². The van der Waals surface area contributed by atoms with E-state index in [1.807, 2.05) is 12.1 Å². The van der Waals surface area contributed by atoms with Crippen LogP contribution in [0, 0.1) is 5.92 Å². The van der Waals surface area contributed by atoms with Crippen molar-refractivity contribution in [1.29, 1.82) is 0 Å². The molecule has 2 rings (SSSR count). The zero-order valence-corrected chi connectivity index (χ0v) is 11.6. The monoisotopic (exact) mass is 247 g/mol. The predicted octanol–water partition coefficient (Wildman–Crippen LogP) is 3.93. The van der Waals surface area contributed by atoms with Crippen LogP contribution in [0.4, 0.5) is 0 Å². The largest absolute Gasteiger partial charge is 0.497 e. The van der Waals surface area contributed by atoms with Crippen LogP contribution >= 0.6 is 0 Å². The molecule has 1 aromatic rings. The molecule has 0 radical (unpaired) electrons. The Hall–Kier alpha value is -1.02. The number of hydrogen-bond acceptors (Lipinski definition) is 2. The van der Waals surface area contributed by atoms with Crippen LogP contribution < -0.4 is 10.1 Å². The van der Waals surface area contributed by atoms with Crippen LogP contribution in [0.2, 0.25) is 0 Å². The minimum absolute atomic E-state index is 0.482. The predicted molar refractivity (Wildman–Crippen MR) is 76.0 cm³/mol. The van der Waals surface area contributed by atoms with Crippen molar-refractivity contribution in [2.45, 2.75) is 45.1 Å². The van der Waals surface area contributed by atoms with Crippen molar-refractivity contribution in [1.82, 2.24) is 5.32 Å². The maximum atomic E-state index is 5.20. The van der Waals surface area contributed by atoms with E-state index in [2.05, 4.69) is 24.4 Å². The highest BCUT2D eigenvalue weighted by Crippen LogP contribution is 2.29. The van der Waals surface area contributed by atoms with E-state index in [9.17, 15) is 0 Å². The lowest BCUT2D eigenvalue weighted by Gasteiger charge is -2.26. The molecule has 18 heavy (non-hydrogen) atoms. The molecule has 1 N–H and O–H groups in total. The third-order valence-electron chi connectivity index (χ3n) is 4.09. The number of benzene rings is 1. The minimum Gasteiger partial charge on any atom is -0.497 e. The van der Waals surface area contributed by atoms with Crippen LogP contribution in [0.15, 0.2) is 24.3 Å². The van der Waals surface area contributed by atoms with Gasteiger partial charge in [-0.05, 0) is 43.0 Å². The molecule has 1 unspecified atom stereocenters. The number of nitrogens with one attached hydrogen (secondary N) is 1. The van der Waals surface area contributed by atoms with E-state index in [-0.39, 0.29) is 0 Å². The van der Waals surface area contributed by atoms with Crippen molar-refractivity contribution in [3.63, 3.8) is 0 Å². The van der Waals surface area contributed by atoms with Gasteiger partial charge < -0.3 is 10.1 Å². The van der Waals surface area contributed by atoms with Gasteiger partial charge in [-0.3, -0.25) is 0 Å². The van der Waals surface area contributed by atoms with Gasteiger partial charge in [0.05, 0.1) is 7.11 Å². The first-order valence-corrected chi connectivity index (χ1v) is 7.20. The van der Waals surface area contributed by atoms with E-state index in [0.717, 1.165) is 24.6 Å². The zero-order valence-electron chi connectivity index (χ0n) is 11.6. The molecular formula is C16H25NO. The molecule has 0 aliphatic heterocycles. The molecule has 1 saturated carbocycles. The Balaban J connectivity index is 1.81. The molecule has 0 saturated heterocycles. The summed E-state index contributed by atoms with van der Waals surface area (Å²) in [6.45, 7) is 3.39. The third-order valence-corrected chi connectivity index (χ3v) is 4.09. The zero-order chi connectivity index (χ0) is 12.8. The molecule has 100 valence electrons. The van der Waals surface area contributed by atoms with Crippen molar-refractivity contribution in [3.05, 3.63) is 29.8 Å². The summed E-state index contributed by atoms with van der Waals surface area (Å²) in [5.74, 6) is 1.92. The first-order chi connectivity index (χ1) is 8.83. The molecule has 0 heterocycles. The van der Waals surface area contributed by atoms with Gasteiger partial charge in [-0.25, -0.2) is 0 Å². The highest BCUT2D eigenvalue weighted by Gasteiger charge is 2.17. The average Bonchev–Trinajstić information content (AvgIpc) is 2.37. The summed E-state index contributed by atoms with van der Waals surface area (Å²) in [5.41, 5.74) is 1.37. The van der Waals surface area contributed by atoms with E-state index in [1.54, 1.807) is 7.11 Å². The fraction of sp³-hybridized carbons (Fsp3) is 0.625. The first kappa shape index (κ1) is 13.4. The van der Waals surface area contributed by atoms with Gasteiger partial charge in [0.15, 0.2) is 0 Å². The fourth-order valence-corrected chi connectivity index (χ4v) is 2.58. The molecule has 2 heteroatoms. The van der Waals surface area contributed by atoms with Gasteiger partial charge in [0.1, 0.15) is 5.75 Å². The first-order valence-electron chi connectivity index (χ1n) is 7.20. The van der Waals surface area contributed by atoms with Gasteiger partial charge in [-0.2, -0.15) is 0 Å². The quantitative estimate of drug-likeness (QED) is 0.788. The lowest BCUT2D eigenvalue weighted by Crippen LogP contribution is -2.25. The number of ether oxygens (including phenoxy) is 1. The Kier molecular flexibility index (Phi) is 5.06. The van der Waals surface area contributed by atoms with Crippen molar-refractivity contribution in [2.75, 3.05) is 13.7 Å². The second-order valence-corrected chi connectivity index (χ2v) is 5.27. The highest BCUT2D eigenvalue weighted by molar-refractivity contribution is 5.29. The Morgan fingerprint density at radius 1 is 1.28 bits per heavy atom. The molecule has 0 aromatic heterocycles. The van der Waals surface area contributed by atoms with Crippen molar-refractivity contribution >= 4 is 0 Å². The molecule has 1 aliphatic carbocycles. The molecule has 1 aromatic carbocycles. The maximum absolute atomic E-state index is 5.20. The molecule has 1 atom stereocenters. The molecule has 0 bridgehead atoms. The van der Waals surface area contributed by atoms with Gasteiger partial charge in [0.25, 0.3) is 0 Å². The van der Waals surface area contributed by atoms with E-state index < -0.39 is 0 Å². The lowest BCUT2D eigenvalue weighted by atomic mass is 9.83. The number of hydrogen-bond donors (Lipinski definition) is 1. The summed E-state index contributed by atoms with van der Waals surface area (Å²) >= 11 is 0. The van der Waals surface area contributed by atoms with Crippen LogP contribution in [0.25, 0.3) is 0 Å². The molecule has 0 amide bonds. The Labute approximate surface area is 111 Å². The van der Waals surface area contributed by atoms with E-state index in [1.165, 1.54) is 31.2 Å². The summed E-state index contributed by atoms with van der Waals surface area (Å²) < 4.78 is 5.20. The summed E-state index contributed by atoms with van der Waals surface area (Å²) in [4.78, 5) is 0. The minimum atomic E-state index is 0.482. The Morgan fingerprint density at radius 2 is 2.00 bits per heavy atom. The molecule has 1 aliphatic rings. The van der Waals surface area contributed by atoms with Crippen molar-refractivity contribution in [2.24, 2.45) is 5.92 Å². The van der Waals surface area contributed by atoms with Crippen LogP contribution in [-0.2, 0) is 0 Å². The summed E-state index contributed by atoms with van der Waals surface area (Å²) in [6, 6.07) is 8.92. The average molecular weight is 247 g/mol. The van der Waals surface area contributed by atoms with Gasteiger partial charge >= 0.3 is 0 Å². The highest BCUT2D eigenvalue weighted by atomic mass is 16.5. The second kappa shape index (κ2) is 6.79. The third kappa shape index (κ3) is 3.49. The fourth-order valence-electron chi connectivity index (χ4n) is 2.58. The van der Waals surface area contributed by atoms with Crippen molar-refractivity contribution < 1.29 is 4.74 Å². The van der Waals surface area contributed by atoms with Gasteiger partial charge in [0.2, 0.25) is 0 Å². The topological polar surface area (TPSA) is 21.3 Å². The van der Waals surface area contributed by atoms with Crippen LogP contribution in [0.5, 0.6) is 5.75 Å². The molecule has 0 spiro atoms. The normalized spacial score (nSPS) is 17.2. The Bertz CT molecular complexity index is 343. The molecule has 2 nitrogen and oxygen atoms in total. The van der Waals surface area contributed by atoms with E-state index in [0.29, 0.717) is 6.04 Å². The van der Waals surface area contributed by atoms with E-state index >= 15 is 0 Å². The second-order valence-electron chi connectivity index (χ2n) is 5.27. The smallest absolute Gasteiger partial charge is 0.118 e.